The van der Waals surface area contributed by atoms with Gasteiger partial charge in [0.2, 0.25) is 0 Å². The lowest BCUT2D eigenvalue weighted by Gasteiger charge is -2.63. The fourth-order valence-electron chi connectivity index (χ4n) is 9.65. The normalized spacial score (nSPS) is 50.8. The summed E-state index contributed by atoms with van der Waals surface area (Å²) in [5.74, 6) is 1.44. The standard InChI is InChI=1S/C29H41N3O5/c1-17-24(31-32-30)6-7-26(36-17)37-20-8-11-27(2)19(15-20)4-5-23-22(27)9-12-28(3)21(10-13-29(23,28)34)18-14-25(33)35-16-18/h6-7,14,17,19-24,26,34H,4-5,8-13,15-16H2,1-3H3/t17?,19-,20+,21-,22?,23?,24-,26+,27?,28?,29+/m1/s1. The number of rotatable bonds is 4. The lowest BCUT2D eigenvalue weighted by molar-refractivity contribution is -0.223. The molecule has 0 amide bonds. The zero-order chi connectivity index (χ0) is 26.0. The maximum Gasteiger partial charge on any atom is 0.331 e. The highest BCUT2D eigenvalue weighted by Gasteiger charge is 2.67. The summed E-state index contributed by atoms with van der Waals surface area (Å²) in [6, 6.07) is -0.286. The van der Waals surface area contributed by atoms with Crippen molar-refractivity contribution in [2.45, 2.75) is 109 Å². The zero-order valence-corrected chi connectivity index (χ0v) is 22.3. The Balaban J connectivity index is 1.15. The van der Waals surface area contributed by atoms with Crippen LogP contribution in [0.25, 0.3) is 10.4 Å². The molecule has 2 heterocycles. The number of carbonyl (C=O) groups excluding carboxylic acids is 1. The van der Waals surface area contributed by atoms with E-state index in [1.807, 2.05) is 19.1 Å². The molecular weight excluding hydrogens is 470 g/mol. The topological polar surface area (TPSA) is 114 Å². The second-order valence-electron chi connectivity index (χ2n) is 13.1. The van der Waals surface area contributed by atoms with Gasteiger partial charge >= 0.3 is 5.97 Å². The van der Waals surface area contributed by atoms with Gasteiger partial charge in [-0.3, -0.25) is 0 Å². The predicted molar refractivity (Wildman–Crippen MR) is 137 cm³/mol. The number of nitrogens with zero attached hydrogens (tertiary/aromatic N) is 3. The van der Waals surface area contributed by atoms with Crippen LogP contribution in [0.2, 0.25) is 0 Å². The Labute approximate surface area is 219 Å². The van der Waals surface area contributed by atoms with Gasteiger partial charge in [-0.2, -0.15) is 0 Å². The number of carbonyl (C=O) groups is 1. The SMILES string of the molecule is CC1O[C@@H](O[C@H]2CCC3(C)C4CCC5(C)[C@@H](C6=CC(=O)OC6)CC[C@]5(O)C4CC[C@@H]3C2)C=C[C@H]1N=[N+]=[N-]. The minimum Gasteiger partial charge on any atom is -0.458 e. The first-order valence-electron chi connectivity index (χ1n) is 14.3. The summed E-state index contributed by atoms with van der Waals surface area (Å²) < 4.78 is 17.7. The Bertz CT molecular complexity index is 1050. The molecule has 0 radical (unpaired) electrons. The van der Waals surface area contributed by atoms with E-state index in [0.717, 1.165) is 63.4 Å². The summed E-state index contributed by atoms with van der Waals surface area (Å²) >= 11 is 0. The molecule has 0 saturated heterocycles. The average Bonchev–Trinajstić information content (AvgIpc) is 3.41. The van der Waals surface area contributed by atoms with Gasteiger partial charge < -0.3 is 19.3 Å². The molecule has 202 valence electrons. The third-order valence-corrected chi connectivity index (χ3v) is 11.7. The van der Waals surface area contributed by atoms with Gasteiger partial charge in [0.15, 0.2) is 6.29 Å². The summed E-state index contributed by atoms with van der Waals surface area (Å²) in [5, 5.41) is 16.2. The predicted octanol–water partition coefficient (Wildman–Crippen LogP) is 5.61. The van der Waals surface area contributed by atoms with Gasteiger partial charge in [0.1, 0.15) is 6.61 Å². The molecule has 37 heavy (non-hydrogen) atoms. The van der Waals surface area contributed by atoms with E-state index in [-0.39, 0.29) is 41.0 Å². The van der Waals surface area contributed by atoms with Crippen molar-refractivity contribution in [1.82, 2.24) is 0 Å². The monoisotopic (exact) mass is 511 g/mol. The van der Waals surface area contributed by atoms with Crippen LogP contribution in [0.4, 0.5) is 0 Å². The first-order chi connectivity index (χ1) is 17.7. The van der Waals surface area contributed by atoms with Crippen molar-refractivity contribution in [2.75, 3.05) is 6.61 Å². The molecule has 6 rings (SSSR count). The Kier molecular flexibility index (Phi) is 6.26. The highest BCUT2D eigenvalue weighted by molar-refractivity contribution is 5.85. The molecule has 0 aromatic heterocycles. The zero-order valence-electron chi connectivity index (χ0n) is 22.3. The van der Waals surface area contributed by atoms with Crippen LogP contribution in [0.3, 0.4) is 0 Å². The lowest BCUT2D eigenvalue weighted by Crippen LogP contribution is -2.62. The molecule has 5 unspecified atom stereocenters. The molecule has 8 nitrogen and oxygen atoms in total. The first-order valence-corrected chi connectivity index (χ1v) is 14.3. The van der Waals surface area contributed by atoms with Gasteiger partial charge in [0, 0.05) is 16.4 Å². The summed E-state index contributed by atoms with van der Waals surface area (Å²) in [7, 11) is 0. The fraction of sp³-hybridized carbons (Fsp3) is 0.828. The number of esters is 1. The van der Waals surface area contributed by atoms with Crippen LogP contribution in [-0.2, 0) is 19.0 Å². The number of cyclic esters (lactones) is 1. The fourth-order valence-corrected chi connectivity index (χ4v) is 9.65. The molecule has 11 atom stereocenters. The van der Waals surface area contributed by atoms with Gasteiger partial charge in [0.25, 0.3) is 0 Å². The smallest absolute Gasteiger partial charge is 0.331 e. The van der Waals surface area contributed by atoms with Crippen molar-refractivity contribution >= 4 is 5.97 Å². The molecule has 6 aliphatic rings. The summed E-state index contributed by atoms with van der Waals surface area (Å²) in [4.78, 5) is 14.7. The maximum atomic E-state index is 12.4. The van der Waals surface area contributed by atoms with Gasteiger partial charge in [0.05, 0.1) is 23.9 Å². The van der Waals surface area contributed by atoms with Crippen molar-refractivity contribution in [3.05, 3.63) is 34.2 Å². The minimum atomic E-state index is -0.673. The van der Waals surface area contributed by atoms with E-state index < -0.39 is 11.9 Å². The number of hydrogen-bond acceptors (Lipinski definition) is 6. The molecule has 0 bridgehead atoms. The highest BCUT2D eigenvalue weighted by Crippen LogP contribution is 2.70. The summed E-state index contributed by atoms with van der Waals surface area (Å²) in [5.41, 5.74) is 9.18. The van der Waals surface area contributed by atoms with Crippen LogP contribution in [0.15, 0.2) is 28.9 Å². The van der Waals surface area contributed by atoms with Gasteiger partial charge in [-0.1, -0.05) is 25.0 Å². The molecule has 0 spiro atoms. The molecule has 4 fully saturated rings. The van der Waals surface area contributed by atoms with Crippen molar-refractivity contribution in [3.63, 3.8) is 0 Å². The maximum absolute atomic E-state index is 12.4. The highest BCUT2D eigenvalue weighted by atomic mass is 16.7. The number of fused-ring (bicyclic) bond motifs is 5. The van der Waals surface area contributed by atoms with E-state index in [1.54, 1.807) is 6.08 Å². The van der Waals surface area contributed by atoms with Crippen LogP contribution in [0.1, 0.15) is 78.6 Å². The first kappa shape index (κ1) is 25.4. The van der Waals surface area contributed by atoms with E-state index in [1.165, 1.54) is 0 Å². The Hall–Kier alpha value is -1.86. The Morgan fingerprint density at radius 3 is 2.68 bits per heavy atom. The molecule has 8 heteroatoms. The van der Waals surface area contributed by atoms with E-state index in [9.17, 15) is 9.90 Å². The van der Waals surface area contributed by atoms with E-state index in [2.05, 4.69) is 23.9 Å². The van der Waals surface area contributed by atoms with Crippen molar-refractivity contribution in [1.29, 1.82) is 0 Å². The molecule has 0 aromatic carbocycles. The van der Waals surface area contributed by atoms with Gasteiger partial charge in [-0.05, 0) is 111 Å². The van der Waals surface area contributed by atoms with Gasteiger partial charge in [-0.15, -0.1) is 0 Å². The number of azide groups is 1. The number of ether oxygens (including phenoxy) is 3. The number of aliphatic hydroxyl groups is 1. The Morgan fingerprint density at radius 2 is 1.95 bits per heavy atom. The van der Waals surface area contributed by atoms with Crippen LogP contribution in [-0.4, -0.2) is 47.8 Å². The third-order valence-electron chi connectivity index (χ3n) is 11.7. The molecule has 2 aliphatic heterocycles. The number of hydrogen-bond donors (Lipinski definition) is 1. The van der Waals surface area contributed by atoms with Crippen LogP contribution in [0, 0.1) is 34.5 Å². The van der Waals surface area contributed by atoms with Crippen molar-refractivity contribution in [3.8, 4) is 0 Å². The lowest BCUT2D eigenvalue weighted by atomic mass is 9.43. The van der Waals surface area contributed by atoms with Crippen molar-refractivity contribution in [2.24, 2.45) is 39.6 Å². The van der Waals surface area contributed by atoms with Gasteiger partial charge in [-0.25, -0.2) is 4.79 Å². The second kappa shape index (κ2) is 9.11. The van der Waals surface area contributed by atoms with E-state index >= 15 is 0 Å². The van der Waals surface area contributed by atoms with E-state index in [0.29, 0.717) is 24.4 Å². The molecule has 0 aromatic rings. The quantitative estimate of drug-likeness (QED) is 0.173. The average molecular weight is 512 g/mol. The summed E-state index contributed by atoms with van der Waals surface area (Å²) in [6.07, 6.45) is 14.3. The third kappa shape index (κ3) is 3.90. The van der Waals surface area contributed by atoms with Crippen LogP contribution >= 0.6 is 0 Å². The second-order valence-corrected chi connectivity index (χ2v) is 13.1. The molecule has 4 aliphatic carbocycles. The Morgan fingerprint density at radius 1 is 1.11 bits per heavy atom. The minimum absolute atomic E-state index is 0.159. The van der Waals surface area contributed by atoms with Crippen LogP contribution < -0.4 is 0 Å². The molecule has 4 saturated carbocycles. The molecular formula is C29H41N3O5. The largest absolute Gasteiger partial charge is 0.458 e. The van der Waals surface area contributed by atoms with Crippen LogP contribution in [0.5, 0.6) is 0 Å². The van der Waals surface area contributed by atoms with Crippen molar-refractivity contribution < 1.29 is 24.1 Å². The molecule has 1 N–H and O–H groups in total. The van der Waals surface area contributed by atoms with E-state index in [4.69, 9.17) is 19.7 Å². The summed E-state index contributed by atoms with van der Waals surface area (Å²) in [6.45, 7) is 7.09.